The molecule has 18 heavy (non-hydrogen) atoms. The van der Waals surface area contributed by atoms with Crippen LogP contribution in [-0.4, -0.2) is 22.8 Å². The molecule has 0 aliphatic carbocycles. The van der Waals surface area contributed by atoms with Gasteiger partial charge in [-0.1, -0.05) is 47.0 Å². The highest BCUT2D eigenvalue weighted by Gasteiger charge is 2.18. The topological polar surface area (TPSA) is 57.5 Å². The fraction of sp³-hybridized carbons (Fsp3) is 0.500. The van der Waals surface area contributed by atoms with Crippen molar-refractivity contribution in [1.29, 1.82) is 0 Å². The summed E-state index contributed by atoms with van der Waals surface area (Å²) in [6, 6.07) is 7.73. The van der Waals surface area contributed by atoms with Gasteiger partial charge >= 0.3 is 5.97 Å². The van der Waals surface area contributed by atoms with Crippen LogP contribution < -0.4 is 0 Å². The van der Waals surface area contributed by atoms with Crippen LogP contribution in [0.1, 0.15) is 31.2 Å². The van der Waals surface area contributed by atoms with Crippen LogP contribution in [0.4, 0.5) is 0 Å². The molecule has 0 spiro atoms. The van der Waals surface area contributed by atoms with Crippen LogP contribution in [0, 0.1) is 5.92 Å². The number of rotatable bonds is 8. The fourth-order valence-corrected chi connectivity index (χ4v) is 2.37. The van der Waals surface area contributed by atoms with Gasteiger partial charge in [0.2, 0.25) is 0 Å². The van der Waals surface area contributed by atoms with E-state index in [2.05, 4.69) is 15.9 Å². The molecule has 1 unspecified atom stereocenters. The van der Waals surface area contributed by atoms with Gasteiger partial charge in [-0.25, -0.2) is 0 Å². The SMILES string of the molecule is O=C(O)C(CCCCCO)Cc1ccccc1Br. The first-order valence-electron chi connectivity index (χ1n) is 6.22. The largest absolute Gasteiger partial charge is 0.481 e. The molecule has 0 radical (unpaired) electrons. The Morgan fingerprint density at radius 3 is 2.56 bits per heavy atom. The molecular formula is C14H19BrO3. The van der Waals surface area contributed by atoms with E-state index in [1.54, 1.807) is 0 Å². The quantitative estimate of drug-likeness (QED) is 0.724. The van der Waals surface area contributed by atoms with Gasteiger partial charge in [0, 0.05) is 11.1 Å². The van der Waals surface area contributed by atoms with E-state index in [0.29, 0.717) is 12.8 Å². The number of aliphatic carboxylic acids is 1. The molecule has 4 heteroatoms. The summed E-state index contributed by atoms with van der Waals surface area (Å²) in [6.45, 7) is 0.183. The zero-order valence-corrected chi connectivity index (χ0v) is 11.9. The Balaban J connectivity index is 2.53. The molecule has 0 aromatic heterocycles. The van der Waals surface area contributed by atoms with Crippen molar-refractivity contribution in [1.82, 2.24) is 0 Å². The molecule has 2 N–H and O–H groups in total. The van der Waals surface area contributed by atoms with Crippen LogP contribution in [-0.2, 0) is 11.2 Å². The summed E-state index contributed by atoms with van der Waals surface area (Å²) >= 11 is 3.44. The maximum atomic E-state index is 11.2. The highest BCUT2D eigenvalue weighted by Crippen LogP contribution is 2.22. The van der Waals surface area contributed by atoms with E-state index in [1.807, 2.05) is 24.3 Å². The molecule has 0 aliphatic heterocycles. The smallest absolute Gasteiger partial charge is 0.306 e. The van der Waals surface area contributed by atoms with Crippen molar-refractivity contribution in [2.45, 2.75) is 32.1 Å². The second kappa shape index (κ2) is 8.27. The predicted octanol–water partition coefficient (Wildman–Crippen LogP) is 3.25. The summed E-state index contributed by atoms with van der Waals surface area (Å²) in [5, 5.41) is 17.9. The third-order valence-electron chi connectivity index (χ3n) is 2.98. The first kappa shape index (κ1) is 15.2. The van der Waals surface area contributed by atoms with E-state index in [0.717, 1.165) is 29.3 Å². The van der Waals surface area contributed by atoms with Crippen molar-refractivity contribution >= 4 is 21.9 Å². The van der Waals surface area contributed by atoms with E-state index in [1.165, 1.54) is 0 Å². The minimum absolute atomic E-state index is 0.183. The molecule has 0 bridgehead atoms. The van der Waals surface area contributed by atoms with Gasteiger partial charge < -0.3 is 10.2 Å². The molecule has 100 valence electrons. The molecule has 0 fully saturated rings. The molecule has 3 nitrogen and oxygen atoms in total. The lowest BCUT2D eigenvalue weighted by molar-refractivity contribution is -0.142. The Kier molecular flexibility index (Phi) is 6.98. The number of aliphatic hydroxyl groups excluding tert-OH is 1. The highest BCUT2D eigenvalue weighted by atomic mass is 79.9. The van der Waals surface area contributed by atoms with Gasteiger partial charge in [-0.05, 0) is 30.9 Å². The monoisotopic (exact) mass is 314 g/mol. The molecule has 0 saturated carbocycles. The third-order valence-corrected chi connectivity index (χ3v) is 3.76. The van der Waals surface area contributed by atoms with Crippen LogP contribution in [0.2, 0.25) is 0 Å². The normalized spacial score (nSPS) is 12.3. The minimum atomic E-state index is -0.741. The van der Waals surface area contributed by atoms with Crippen LogP contribution in [0.15, 0.2) is 28.7 Å². The van der Waals surface area contributed by atoms with E-state index < -0.39 is 5.97 Å². The summed E-state index contributed by atoms with van der Waals surface area (Å²) in [5.41, 5.74) is 1.03. The number of hydrogen-bond acceptors (Lipinski definition) is 2. The van der Waals surface area contributed by atoms with Crippen molar-refractivity contribution in [3.8, 4) is 0 Å². The van der Waals surface area contributed by atoms with Gasteiger partial charge in [0.1, 0.15) is 0 Å². The number of benzene rings is 1. The first-order chi connectivity index (χ1) is 8.65. The van der Waals surface area contributed by atoms with Crippen molar-refractivity contribution in [2.75, 3.05) is 6.61 Å². The van der Waals surface area contributed by atoms with E-state index in [-0.39, 0.29) is 12.5 Å². The maximum Gasteiger partial charge on any atom is 0.306 e. The Morgan fingerprint density at radius 2 is 1.94 bits per heavy atom. The lowest BCUT2D eigenvalue weighted by Crippen LogP contribution is -2.16. The van der Waals surface area contributed by atoms with Crippen molar-refractivity contribution in [3.63, 3.8) is 0 Å². The average molecular weight is 315 g/mol. The fourth-order valence-electron chi connectivity index (χ4n) is 1.92. The predicted molar refractivity (Wildman–Crippen MR) is 74.5 cm³/mol. The van der Waals surface area contributed by atoms with Crippen molar-refractivity contribution in [3.05, 3.63) is 34.3 Å². The molecule has 0 heterocycles. The Labute approximate surface area is 116 Å². The zero-order chi connectivity index (χ0) is 13.4. The maximum absolute atomic E-state index is 11.2. The zero-order valence-electron chi connectivity index (χ0n) is 10.3. The molecular weight excluding hydrogens is 296 g/mol. The van der Waals surface area contributed by atoms with Crippen molar-refractivity contribution < 1.29 is 15.0 Å². The lowest BCUT2D eigenvalue weighted by atomic mass is 9.94. The Bertz CT molecular complexity index is 379. The molecule has 0 amide bonds. The molecule has 0 saturated heterocycles. The molecule has 1 aromatic rings. The van der Waals surface area contributed by atoms with Crippen LogP contribution >= 0.6 is 15.9 Å². The van der Waals surface area contributed by atoms with E-state index >= 15 is 0 Å². The number of hydrogen-bond donors (Lipinski definition) is 2. The molecule has 1 aromatic carbocycles. The molecule has 1 atom stereocenters. The van der Waals surface area contributed by atoms with Gasteiger partial charge in [0.05, 0.1) is 5.92 Å². The molecule has 0 aliphatic rings. The summed E-state index contributed by atoms with van der Waals surface area (Å²) in [7, 11) is 0. The van der Waals surface area contributed by atoms with Gasteiger partial charge in [0.25, 0.3) is 0 Å². The summed E-state index contributed by atoms with van der Waals surface area (Å²) < 4.78 is 0.964. The van der Waals surface area contributed by atoms with Gasteiger partial charge in [-0.3, -0.25) is 4.79 Å². The number of carboxylic acid groups (broad SMARTS) is 1. The third kappa shape index (κ3) is 5.19. The minimum Gasteiger partial charge on any atom is -0.481 e. The van der Waals surface area contributed by atoms with Gasteiger partial charge in [-0.2, -0.15) is 0 Å². The highest BCUT2D eigenvalue weighted by molar-refractivity contribution is 9.10. The van der Waals surface area contributed by atoms with Crippen LogP contribution in [0.5, 0.6) is 0 Å². The first-order valence-corrected chi connectivity index (χ1v) is 7.01. The second-order valence-corrected chi connectivity index (χ2v) is 5.26. The number of aliphatic hydroxyl groups is 1. The summed E-state index contributed by atoms with van der Waals surface area (Å²) in [5.74, 6) is -1.09. The van der Waals surface area contributed by atoms with Crippen LogP contribution in [0.3, 0.4) is 0 Å². The summed E-state index contributed by atoms with van der Waals surface area (Å²) in [4.78, 5) is 11.2. The van der Waals surface area contributed by atoms with E-state index in [4.69, 9.17) is 5.11 Å². The number of unbranched alkanes of at least 4 members (excludes halogenated alkanes) is 2. The Morgan fingerprint density at radius 1 is 1.22 bits per heavy atom. The number of carboxylic acids is 1. The standard InChI is InChI=1S/C14H19BrO3/c15-13-8-4-3-6-11(13)10-12(14(17)18)7-2-1-5-9-16/h3-4,6,8,12,16H,1-2,5,7,9-10H2,(H,17,18). The second-order valence-electron chi connectivity index (χ2n) is 4.40. The van der Waals surface area contributed by atoms with Gasteiger partial charge in [0.15, 0.2) is 0 Å². The Hall–Kier alpha value is -0.870. The lowest BCUT2D eigenvalue weighted by Gasteiger charge is -2.13. The van der Waals surface area contributed by atoms with Crippen molar-refractivity contribution in [2.24, 2.45) is 5.92 Å². The molecule has 1 rings (SSSR count). The summed E-state index contributed by atoms with van der Waals surface area (Å²) in [6.07, 6.45) is 3.70. The average Bonchev–Trinajstić information content (AvgIpc) is 2.35. The van der Waals surface area contributed by atoms with Crippen LogP contribution in [0.25, 0.3) is 0 Å². The number of carbonyl (C=O) groups is 1. The van der Waals surface area contributed by atoms with Gasteiger partial charge in [-0.15, -0.1) is 0 Å². The van der Waals surface area contributed by atoms with E-state index in [9.17, 15) is 9.90 Å². The number of halogens is 1.